The zero-order valence-electron chi connectivity index (χ0n) is 51.1. The molecule has 2 aliphatic carbocycles. The van der Waals surface area contributed by atoms with E-state index in [0.29, 0.717) is 0 Å². The van der Waals surface area contributed by atoms with E-state index in [1.165, 1.54) is 33.9 Å². The maximum atomic E-state index is 5.37. The van der Waals surface area contributed by atoms with E-state index < -0.39 is 0 Å². The number of fused-ring (bicyclic) bond motifs is 10. The van der Waals surface area contributed by atoms with Gasteiger partial charge in [0.1, 0.15) is 23.9 Å². The van der Waals surface area contributed by atoms with Crippen molar-refractivity contribution in [3.63, 3.8) is 0 Å². The van der Waals surface area contributed by atoms with Crippen molar-refractivity contribution in [3.05, 3.63) is 260 Å². The highest BCUT2D eigenvalue weighted by atomic mass is 15.1. The Hall–Kier alpha value is -10.1. The number of rotatable bonds is 9. The van der Waals surface area contributed by atoms with Gasteiger partial charge in [-0.2, -0.15) is 0 Å². The van der Waals surface area contributed by atoms with Gasteiger partial charge in [0.05, 0.1) is 39.5 Å². The lowest BCUT2D eigenvalue weighted by atomic mass is 9.83. The first-order valence-electron chi connectivity index (χ1n) is 30.9. The van der Waals surface area contributed by atoms with Gasteiger partial charge >= 0.3 is 0 Å². The molecule has 0 atom stereocenters. The van der Waals surface area contributed by atoms with E-state index >= 15 is 0 Å². The predicted molar refractivity (Wildman–Crippen MR) is 363 cm³/mol. The van der Waals surface area contributed by atoms with Crippen LogP contribution in [0.4, 0.5) is 0 Å². The molecule has 14 aromatic rings. The number of pyridine rings is 1. The number of hydrogen-bond acceptors (Lipinski definition) is 5. The highest BCUT2D eigenvalue weighted by Gasteiger charge is 2.47. The standard InChI is InChI=1S/C81H67N7/c1-78(2)46-80(5,6)74-72(78)85-76-67-36-34-56(44-70(67)83-48-87(74)76)62-21-13-16-24-65(62)59-40-58(41-60(42-59)66-25-17-14-22-63(66)57-35-37-68-71(45-57)84-49-88-75-73(86-77(68)88)79(3,4)47-81(75,7)8)64-23-15-12-20-61(64)53-30-32-54(33-31-53)69-43-55(38-39-82-69)52-28-26-51(27-29-52)50-18-10-9-11-19-50/h9-45,48-49H,46-47H2,1-8H3. The summed E-state index contributed by atoms with van der Waals surface area (Å²) < 4.78 is 4.50. The van der Waals surface area contributed by atoms with Crippen molar-refractivity contribution >= 4 is 33.1 Å². The third kappa shape index (κ3) is 8.72. The second kappa shape index (κ2) is 19.7. The van der Waals surface area contributed by atoms with Crippen LogP contribution < -0.4 is 0 Å². The van der Waals surface area contributed by atoms with Crippen molar-refractivity contribution in [2.24, 2.45) is 0 Å². The van der Waals surface area contributed by atoms with E-state index in [-0.39, 0.29) is 21.7 Å². The number of nitrogens with zero attached hydrogens (tertiary/aromatic N) is 7. The Morgan fingerprint density at radius 3 is 1.11 bits per heavy atom. The third-order valence-electron chi connectivity index (χ3n) is 19.1. The summed E-state index contributed by atoms with van der Waals surface area (Å²) in [4.78, 5) is 25.9. The summed E-state index contributed by atoms with van der Waals surface area (Å²) in [7, 11) is 0. The molecule has 0 N–H and O–H groups in total. The fourth-order valence-electron chi connectivity index (χ4n) is 15.6. The van der Waals surface area contributed by atoms with E-state index in [2.05, 4.69) is 283 Å². The molecule has 9 aromatic carbocycles. The highest BCUT2D eigenvalue weighted by molar-refractivity contribution is 6.00. The van der Waals surface area contributed by atoms with Crippen LogP contribution in [0.5, 0.6) is 0 Å². The van der Waals surface area contributed by atoms with Crippen LogP contribution in [0, 0.1) is 0 Å². The van der Waals surface area contributed by atoms with Crippen LogP contribution >= 0.6 is 0 Å². The predicted octanol–water partition coefficient (Wildman–Crippen LogP) is 20.4. The maximum Gasteiger partial charge on any atom is 0.147 e. The molecule has 0 fully saturated rings. The minimum absolute atomic E-state index is 0.00912. The van der Waals surface area contributed by atoms with Crippen LogP contribution in [0.3, 0.4) is 0 Å². The average molecular weight is 1140 g/mol. The molecule has 0 saturated heterocycles. The first-order chi connectivity index (χ1) is 42.5. The zero-order chi connectivity index (χ0) is 59.8. The quantitative estimate of drug-likeness (QED) is 0.144. The van der Waals surface area contributed by atoms with Crippen LogP contribution in [-0.4, -0.2) is 33.7 Å². The lowest BCUT2D eigenvalue weighted by Crippen LogP contribution is -2.20. The fourth-order valence-corrected chi connectivity index (χ4v) is 15.6. The molecule has 0 saturated carbocycles. The molecule has 2 aliphatic rings. The Morgan fingerprint density at radius 1 is 0.295 bits per heavy atom. The number of hydrogen-bond donors (Lipinski definition) is 0. The van der Waals surface area contributed by atoms with Crippen molar-refractivity contribution in [1.29, 1.82) is 0 Å². The van der Waals surface area contributed by atoms with Gasteiger partial charge in [0.2, 0.25) is 0 Å². The fraction of sp³-hybridized carbons (Fsp3) is 0.173. The summed E-state index contributed by atoms with van der Waals surface area (Å²) in [5.41, 5.74) is 28.8. The smallest absolute Gasteiger partial charge is 0.147 e. The third-order valence-corrected chi connectivity index (χ3v) is 19.1. The number of benzene rings is 9. The Morgan fingerprint density at radius 2 is 0.659 bits per heavy atom. The average Bonchev–Trinajstić information content (AvgIpc) is 1.60. The van der Waals surface area contributed by atoms with Gasteiger partial charge in [0.15, 0.2) is 0 Å². The molecule has 0 radical (unpaired) electrons. The Balaban J connectivity index is 0.810. The lowest BCUT2D eigenvalue weighted by molar-refractivity contribution is 0.392. The first-order valence-corrected chi connectivity index (χ1v) is 30.9. The van der Waals surface area contributed by atoms with Gasteiger partial charge in [-0.25, -0.2) is 19.9 Å². The molecular weight excluding hydrogens is 1070 g/mol. The topological polar surface area (TPSA) is 73.3 Å². The van der Waals surface area contributed by atoms with Crippen LogP contribution in [0.1, 0.15) is 91.0 Å². The summed E-state index contributed by atoms with van der Waals surface area (Å²) in [5, 5.41) is 2.11. The van der Waals surface area contributed by atoms with Crippen LogP contribution in [-0.2, 0) is 21.7 Å². The summed E-state index contributed by atoms with van der Waals surface area (Å²) in [5.74, 6) is 0. The van der Waals surface area contributed by atoms with E-state index in [4.69, 9.17) is 24.9 Å². The molecule has 0 amide bonds. The molecule has 426 valence electrons. The SMILES string of the molecule is CC1(C)CC(C)(C)c2c1nc1c3ccc(-c4ccccc4-c4cc(-c5ccccc5-c5ccc(-c6cc(-c7ccc(-c8ccccc8)cc7)ccn6)cc5)cc(-c5ccccc5-c5ccc6c(c5)ncn5c7c(nc65)C(C)(C)CC7(C)C)c4)cc3ncn21. The first kappa shape index (κ1) is 53.4. The van der Waals surface area contributed by atoms with Crippen molar-refractivity contribution in [2.45, 2.75) is 89.9 Å². The molecule has 88 heavy (non-hydrogen) atoms. The highest BCUT2D eigenvalue weighted by Crippen LogP contribution is 2.52. The van der Waals surface area contributed by atoms with Crippen LogP contribution in [0.2, 0.25) is 0 Å². The van der Waals surface area contributed by atoms with Crippen molar-refractivity contribution < 1.29 is 0 Å². The number of imidazole rings is 2. The second-order valence-corrected chi connectivity index (χ2v) is 27.2. The minimum atomic E-state index is -0.0195. The zero-order valence-corrected chi connectivity index (χ0v) is 51.1. The Kier molecular flexibility index (Phi) is 12.0. The van der Waals surface area contributed by atoms with E-state index in [9.17, 15) is 0 Å². The molecule has 5 aromatic heterocycles. The lowest BCUT2D eigenvalue weighted by Gasteiger charge is -2.23. The van der Waals surface area contributed by atoms with Crippen molar-refractivity contribution in [3.8, 4) is 100 Å². The van der Waals surface area contributed by atoms with E-state index in [0.717, 1.165) is 135 Å². The normalized spacial score (nSPS) is 15.3. The summed E-state index contributed by atoms with van der Waals surface area (Å²) in [6.45, 7) is 18.6. The van der Waals surface area contributed by atoms with Gasteiger partial charge in [-0.3, -0.25) is 13.8 Å². The molecular formula is C81H67N7. The van der Waals surface area contributed by atoms with Gasteiger partial charge < -0.3 is 0 Å². The van der Waals surface area contributed by atoms with Gasteiger partial charge in [-0.15, -0.1) is 0 Å². The van der Waals surface area contributed by atoms with Crippen LogP contribution in [0.25, 0.3) is 133 Å². The molecule has 7 heteroatoms. The van der Waals surface area contributed by atoms with Gasteiger partial charge in [-0.05, 0) is 156 Å². The minimum Gasteiger partial charge on any atom is -0.286 e. The Bertz CT molecular complexity index is 4920. The molecule has 0 bridgehead atoms. The van der Waals surface area contributed by atoms with Crippen molar-refractivity contribution in [2.75, 3.05) is 0 Å². The summed E-state index contributed by atoms with van der Waals surface area (Å²) in [6, 6.07) is 79.6. The molecule has 7 nitrogen and oxygen atoms in total. The Labute approximate surface area is 514 Å². The number of aromatic nitrogens is 7. The maximum absolute atomic E-state index is 5.37. The molecule has 5 heterocycles. The van der Waals surface area contributed by atoms with Gasteiger partial charge in [0, 0.05) is 44.2 Å². The van der Waals surface area contributed by atoms with E-state index in [1.807, 2.05) is 18.9 Å². The molecule has 0 unspecified atom stereocenters. The summed E-state index contributed by atoms with van der Waals surface area (Å²) >= 11 is 0. The second-order valence-electron chi connectivity index (χ2n) is 27.2. The van der Waals surface area contributed by atoms with E-state index in [1.54, 1.807) is 0 Å². The molecule has 16 rings (SSSR count). The largest absolute Gasteiger partial charge is 0.286 e. The molecule has 0 aliphatic heterocycles. The molecule has 0 spiro atoms. The van der Waals surface area contributed by atoms with Crippen LogP contribution in [0.15, 0.2) is 237 Å². The van der Waals surface area contributed by atoms with Crippen molar-refractivity contribution in [1.82, 2.24) is 33.7 Å². The summed E-state index contributed by atoms with van der Waals surface area (Å²) in [6.07, 6.45) is 8.02. The monoisotopic (exact) mass is 1140 g/mol. The van der Waals surface area contributed by atoms with Gasteiger partial charge in [-0.1, -0.05) is 219 Å². The van der Waals surface area contributed by atoms with Gasteiger partial charge in [0.25, 0.3) is 0 Å².